The van der Waals surface area contributed by atoms with E-state index in [-0.39, 0.29) is 18.0 Å². The first-order valence-corrected chi connectivity index (χ1v) is 8.59. The molecule has 0 aromatic heterocycles. The second-order valence-electron chi connectivity index (χ2n) is 7.35. The highest BCUT2D eigenvalue weighted by Gasteiger charge is 2.28. The molecule has 1 aromatic rings. The van der Waals surface area contributed by atoms with Gasteiger partial charge >= 0.3 is 6.09 Å². The monoisotopic (exact) mass is 372 g/mol. The van der Waals surface area contributed by atoms with Gasteiger partial charge in [0.15, 0.2) is 11.6 Å². The molecular formula is C18H26F2N2O4. The van der Waals surface area contributed by atoms with Crippen LogP contribution in [0.1, 0.15) is 27.7 Å². The standard InChI is InChI=1S/C18H26F2N2O4/c1-12(23)11-25-13-9-14(19)16(15(20)10-13)21-5-7-22(8-6-21)17(24)26-18(2,3)4/h9-10,12,23H,5-8,11H2,1-4H3. The summed E-state index contributed by atoms with van der Waals surface area (Å²) in [5.74, 6) is -1.45. The molecule has 0 bridgehead atoms. The molecule has 26 heavy (non-hydrogen) atoms. The van der Waals surface area contributed by atoms with Crippen molar-refractivity contribution in [3.63, 3.8) is 0 Å². The summed E-state index contributed by atoms with van der Waals surface area (Å²) in [5, 5.41) is 9.19. The molecule has 8 heteroatoms. The smallest absolute Gasteiger partial charge is 0.410 e. The van der Waals surface area contributed by atoms with E-state index in [1.807, 2.05) is 0 Å². The lowest BCUT2D eigenvalue weighted by Crippen LogP contribution is -2.50. The van der Waals surface area contributed by atoms with Crippen LogP contribution in [-0.4, -0.2) is 60.6 Å². The number of ether oxygens (including phenoxy) is 2. The minimum absolute atomic E-state index is 0.0250. The van der Waals surface area contributed by atoms with Gasteiger partial charge < -0.3 is 24.4 Å². The molecule has 6 nitrogen and oxygen atoms in total. The van der Waals surface area contributed by atoms with Crippen molar-refractivity contribution >= 4 is 11.8 Å². The van der Waals surface area contributed by atoms with Gasteiger partial charge in [-0.05, 0) is 27.7 Å². The van der Waals surface area contributed by atoms with Gasteiger partial charge in [-0.15, -0.1) is 0 Å². The molecular weight excluding hydrogens is 346 g/mol. The summed E-state index contributed by atoms with van der Waals surface area (Å²) >= 11 is 0. The molecule has 1 aromatic carbocycles. The first-order valence-electron chi connectivity index (χ1n) is 8.59. The largest absolute Gasteiger partial charge is 0.491 e. The highest BCUT2D eigenvalue weighted by molar-refractivity contribution is 5.68. The lowest BCUT2D eigenvalue weighted by molar-refractivity contribution is 0.0240. The average Bonchev–Trinajstić information content (AvgIpc) is 2.51. The molecule has 146 valence electrons. The maximum absolute atomic E-state index is 14.4. The summed E-state index contributed by atoms with van der Waals surface area (Å²) in [6, 6.07) is 2.20. The lowest BCUT2D eigenvalue weighted by Gasteiger charge is -2.37. The zero-order valence-corrected chi connectivity index (χ0v) is 15.6. The Morgan fingerprint density at radius 2 is 1.73 bits per heavy atom. The van der Waals surface area contributed by atoms with Crippen LogP contribution in [0.2, 0.25) is 0 Å². The van der Waals surface area contributed by atoms with Gasteiger partial charge in [-0.2, -0.15) is 0 Å². The second kappa shape index (κ2) is 8.07. The number of carbonyl (C=O) groups excluding carboxylic acids is 1. The molecule has 1 aliphatic heterocycles. The van der Waals surface area contributed by atoms with Crippen molar-refractivity contribution in [2.24, 2.45) is 0 Å². The van der Waals surface area contributed by atoms with E-state index in [1.54, 1.807) is 25.7 Å². The van der Waals surface area contributed by atoms with E-state index in [4.69, 9.17) is 9.47 Å². The quantitative estimate of drug-likeness (QED) is 0.881. The number of halogens is 2. The molecule has 1 amide bonds. The summed E-state index contributed by atoms with van der Waals surface area (Å²) in [6.45, 7) is 8.04. The number of rotatable bonds is 4. The third kappa shape index (κ3) is 5.45. The normalized spacial score (nSPS) is 16.4. The molecule has 1 atom stereocenters. The SMILES string of the molecule is CC(O)COc1cc(F)c(N2CCN(C(=O)OC(C)(C)C)CC2)c(F)c1. The van der Waals surface area contributed by atoms with E-state index in [2.05, 4.69) is 0 Å². The molecule has 0 saturated carbocycles. The molecule has 1 N–H and O–H groups in total. The van der Waals surface area contributed by atoms with Crippen LogP contribution in [0.3, 0.4) is 0 Å². The highest BCUT2D eigenvalue weighted by atomic mass is 19.1. The number of piperazine rings is 1. The summed E-state index contributed by atoms with van der Waals surface area (Å²) in [6.07, 6.45) is -1.17. The predicted octanol–water partition coefficient (Wildman–Crippen LogP) is 2.78. The van der Waals surface area contributed by atoms with Crippen LogP contribution in [0.5, 0.6) is 5.75 Å². The molecule has 1 aliphatic rings. The Bertz CT molecular complexity index is 616. The summed E-state index contributed by atoms with van der Waals surface area (Å²) in [5.41, 5.74) is -0.729. The van der Waals surface area contributed by atoms with Crippen molar-refractivity contribution in [3.8, 4) is 5.75 Å². The summed E-state index contributed by atoms with van der Waals surface area (Å²) in [7, 11) is 0. The predicted molar refractivity (Wildman–Crippen MR) is 93.6 cm³/mol. The Kier molecular flexibility index (Phi) is 6.28. The molecule has 1 heterocycles. The fraction of sp³-hybridized carbons (Fsp3) is 0.611. The second-order valence-corrected chi connectivity index (χ2v) is 7.35. The first-order chi connectivity index (χ1) is 12.1. The van der Waals surface area contributed by atoms with E-state index in [1.165, 1.54) is 11.8 Å². The first kappa shape index (κ1) is 20.2. The van der Waals surface area contributed by atoms with Crippen molar-refractivity contribution < 1.29 is 28.2 Å². The Hall–Kier alpha value is -2.09. The minimum atomic E-state index is -0.740. The van der Waals surface area contributed by atoms with Crippen LogP contribution in [0.15, 0.2) is 12.1 Å². The van der Waals surface area contributed by atoms with E-state index in [0.29, 0.717) is 26.2 Å². The third-order valence-electron chi connectivity index (χ3n) is 3.73. The van der Waals surface area contributed by atoms with Crippen LogP contribution in [-0.2, 0) is 4.74 Å². The molecule has 0 aliphatic carbocycles. The fourth-order valence-electron chi connectivity index (χ4n) is 2.58. The van der Waals surface area contributed by atoms with Gasteiger partial charge in [-0.3, -0.25) is 0 Å². The Morgan fingerprint density at radius 3 is 2.19 bits per heavy atom. The van der Waals surface area contributed by atoms with E-state index >= 15 is 0 Å². The Labute approximate surface area is 152 Å². The van der Waals surface area contributed by atoms with Crippen LogP contribution in [0.25, 0.3) is 0 Å². The average molecular weight is 372 g/mol. The number of aliphatic hydroxyl groups is 1. The van der Waals surface area contributed by atoms with Gasteiger partial charge in [0.1, 0.15) is 23.6 Å². The van der Waals surface area contributed by atoms with Crippen molar-refractivity contribution in [1.82, 2.24) is 4.90 Å². The number of carbonyl (C=O) groups is 1. The number of hydrogen-bond donors (Lipinski definition) is 1. The van der Waals surface area contributed by atoms with Crippen molar-refractivity contribution in [3.05, 3.63) is 23.8 Å². The van der Waals surface area contributed by atoms with E-state index in [0.717, 1.165) is 12.1 Å². The molecule has 0 spiro atoms. The van der Waals surface area contributed by atoms with Crippen molar-refractivity contribution in [1.29, 1.82) is 0 Å². The van der Waals surface area contributed by atoms with Crippen LogP contribution in [0.4, 0.5) is 19.3 Å². The molecule has 1 fully saturated rings. The maximum atomic E-state index is 14.4. The van der Waals surface area contributed by atoms with Gasteiger partial charge in [0, 0.05) is 38.3 Å². The van der Waals surface area contributed by atoms with Gasteiger partial charge in [0.25, 0.3) is 0 Å². The van der Waals surface area contributed by atoms with E-state index in [9.17, 15) is 18.7 Å². The number of anilines is 1. The van der Waals surface area contributed by atoms with Gasteiger partial charge in [-0.25, -0.2) is 13.6 Å². The number of benzene rings is 1. The van der Waals surface area contributed by atoms with Gasteiger partial charge in [-0.1, -0.05) is 0 Å². The zero-order valence-electron chi connectivity index (χ0n) is 15.6. The molecule has 1 saturated heterocycles. The van der Waals surface area contributed by atoms with Gasteiger partial charge in [0.2, 0.25) is 0 Å². The summed E-state index contributed by atoms with van der Waals surface area (Å²) < 4.78 is 39.2. The lowest BCUT2D eigenvalue weighted by atomic mass is 10.2. The summed E-state index contributed by atoms with van der Waals surface area (Å²) in [4.78, 5) is 15.1. The van der Waals surface area contributed by atoms with Gasteiger partial charge in [0.05, 0.1) is 6.10 Å². The Balaban J connectivity index is 2.01. The fourth-order valence-corrected chi connectivity index (χ4v) is 2.58. The molecule has 2 rings (SSSR count). The third-order valence-corrected chi connectivity index (χ3v) is 3.73. The Morgan fingerprint density at radius 1 is 1.19 bits per heavy atom. The van der Waals surface area contributed by atoms with Crippen molar-refractivity contribution in [2.75, 3.05) is 37.7 Å². The van der Waals surface area contributed by atoms with E-state index < -0.39 is 29.4 Å². The van der Waals surface area contributed by atoms with Crippen LogP contribution in [0, 0.1) is 11.6 Å². The topological polar surface area (TPSA) is 62.2 Å². The molecule has 1 unspecified atom stereocenters. The highest BCUT2D eigenvalue weighted by Crippen LogP contribution is 2.29. The molecule has 0 radical (unpaired) electrons. The zero-order chi connectivity index (χ0) is 19.5. The minimum Gasteiger partial charge on any atom is -0.491 e. The number of nitrogens with zero attached hydrogens (tertiary/aromatic N) is 2. The number of aliphatic hydroxyl groups excluding tert-OH is 1. The van der Waals surface area contributed by atoms with Crippen LogP contribution < -0.4 is 9.64 Å². The number of hydrogen-bond acceptors (Lipinski definition) is 5. The van der Waals surface area contributed by atoms with Crippen LogP contribution >= 0.6 is 0 Å². The van der Waals surface area contributed by atoms with Crippen molar-refractivity contribution in [2.45, 2.75) is 39.4 Å². The number of amides is 1. The maximum Gasteiger partial charge on any atom is 0.410 e.